The van der Waals surface area contributed by atoms with E-state index in [1.54, 1.807) is 0 Å². The highest BCUT2D eigenvalue weighted by Crippen LogP contribution is 2.18. The van der Waals surface area contributed by atoms with Gasteiger partial charge in [-0.2, -0.15) is 0 Å². The van der Waals surface area contributed by atoms with Crippen molar-refractivity contribution < 1.29 is 9.47 Å². The smallest absolute Gasteiger partial charge is 0.191 e. The number of ether oxygens (including phenoxy) is 2. The zero-order chi connectivity index (χ0) is 17.9. The van der Waals surface area contributed by atoms with Crippen LogP contribution in [0.15, 0.2) is 4.99 Å². The second-order valence-corrected chi connectivity index (χ2v) is 7.47. The van der Waals surface area contributed by atoms with Crippen LogP contribution in [0.2, 0.25) is 0 Å². The van der Waals surface area contributed by atoms with Gasteiger partial charge >= 0.3 is 0 Å². The number of guanidine groups is 1. The van der Waals surface area contributed by atoms with Crippen molar-refractivity contribution >= 4 is 5.96 Å². The van der Waals surface area contributed by atoms with E-state index < -0.39 is 0 Å². The summed E-state index contributed by atoms with van der Waals surface area (Å²) in [6.45, 7) is 11.1. The average molecular weight is 355 g/mol. The zero-order valence-electron chi connectivity index (χ0n) is 16.4. The molecule has 2 N–H and O–H groups in total. The lowest BCUT2D eigenvalue weighted by molar-refractivity contribution is 0.0887. The van der Waals surface area contributed by atoms with Crippen LogP contribution >= 0.6 is 0 Å². The molecule has 2 aliphatic heterocycles. The molecule has 146 valence electrons. The predicted octanol–water partition coefficient (Wildman–Crippen LogP) is 1.86. The molecule has 0 aromatic carbocycles. The largest absolute Gasteiger partial charge is 0.381 e. The van der Waals surface area contributed by atoms with E-state index in [4.69, 9.17) is 9.47 Å². The van der Waals surface area contributed by atoms with Crippen LogP contribution in [0.1, 0.15) is 46.0 Å². The van der Waals surface area contributed by atoms with Gasteiger partial charge in [-0.3, -0.25) is 9.89 Å². The first-order valence-electron chi connectivity index (χ1n) is 10.1. The van der Waals surface area contributed by atoms with Gasteiger partial charge in [0.05, 0.1) is 13.2 Å². The third kappa shape index (κ3) is 7.50. The molecule has 2 saturated heterocycles. The number of likely N-dealkylation sites (tertiary alicyclic amines) is 1. The van der Waals surface area contributed by atoms with Crippen LogP contribution < -0.4 is 10.6 Å². The lowest BCUT2D eigenvalue weighted by Crippen LogP contribution is -2.50. The molecule has 2 fully saturated rings. The fraction of sp³-hybridized carbons (Fsp3) is 0.947. The molecule has 0 saturated carbocycles. The maximum atomic E-state index is 5.74. The summed E-state index contributed by atoms with van der Waals surface area (Å²) in [4.78, 5) is 6.94. The van der Waals surface area contributed by atoms with Gasteiger partial charge < -0.3 is 20.1 Å². The molecule has 0 radical (unpaired) electrons. The minimum absolute atomic E-state index is 0.533. The summed E-state index contributed by atoms with van der Waals surface area (Å²) in [6.07, 6.45) is 6.16. The Balaban J connectivity index is 1.52. The quantitative estimate of drug-likeness (QED) is 0.376. The van der Waals surface area contributed by atoms with Crippen LogP contribution in [0.3, 0.4) is 0 Å². The van der Waals surface area contributed by atoms with Gasteiger partial charge in [0.1, 0.15) is 0 Å². The number of aliphatic imine (C=N–C) groups is 1. The van der Waals surface area contributed by atoms with E-state index in [9.17, 15) is 0 Å². The highest BCUT2D eigenvalue weighted by Gasteiger charge is 2.22. The number of hydrogen-bond donors (Lipinski definition) is 2. The maximum absolute atomic E-state index is 5.74. The number of hydrogen-bond acceptors (Lipinski definition) is 4. The maximum Gasteiger partial charge on any atom is 0.191 e. The molecule has 3 unspecified atom stereocenters. The first-order chi connectivity index (χ1) is 12.2. The van der Waals surface area contributed by atoms with E-state index in [1.165, 1.54) is 25.8 Å². The minimum atomic E-state index is 0.533. The summed E-state index contributed by atoms with van der Waals surface area (Å²) < 4.78 is 11.1. The normalized spacial score (nSPS) is 26.6. The average Bonchev–Trinajstić information content (AvgIpc) is 3.14. The molecule has 2 rings (SSSR count). The number of nitrogens with zero attached hydrogens (tertiary/aromatic N) is 2. The van der Waals surface area contributed by atoms with Crippen molar-refractivity contribution in [1.29, 1.82) is 0 Å². The molecule has 0 aromatic heterocycles. The fourth-order valence-corrected chi connectivity index (χ4v) is 3.70. The predicted molar refractivity (Wildman–Crippen MR) is 103 cm³/mol. The molecular formula is C19H38N4O2. The third-order valence-electron chi connectivity index (χ3n) is 5.34. The first-order valence-corrected chi connectivity index (χ1v) is 10.1. The van der Waals surface area contributed by atoms with E-state index in [0.29, 0.717) is 18.0 Å². The van der Waals surface area contributed by atoms with Crippen LogP contribution in [0.25, 0.3) is 0 Å². The van der Waals surface area contributed by atoms with Gasteiger partial charge in [-0.05, 0) is 46.1 Å². The van der Waals surface area contributed by atoms with Gasteiger partial charge in [0.15, 0.2) is 5.96 Å². The van der Waals surface area contributed by atoms with Crippen molar-refractivity contribution in [2.24, 2.45) is 10.9 Å². The van der Waals surface area contributed by atoms with Gasteiger partial charge in [0, 0.05) is 51.4 Å². The van der Waals surface area contributed by atoms with Crippen molar-refractivity contribution in [2.45, 2.75) is 58.0 Å². The molecule has 2 aliphatic rings. The molecule has 0 amide bonds. The van der Waals surface area contributed by atoms with E-state index in [1.807, 2.05) is 7.05 Å². The highest BCUT2D eigenvalue weighted by molar-refractivity contribution is 5.79. The molecular weight excluding hydrogens is 316 g/mol. The van der Waals surface area contributed by atoms with Gasteiger partial charge in [-0.25, -0.2) is 0 Å². The van der Waals surface area contributed by atoms with Crippen molar-refractivity contribution in [2.75, 3.05) is 53.1 Å². The van der Waals surface area contributed by atoms with Crippen molar-refractivity contribution in [3.63, 3.8) is 0 Å². The first kappa shape index (κ1) is 20.5. The molecule has 3 atom stereocenters. The molecule has 2 heterocycles. The van der Waals surface area contributed by atoms with Crippen molar-refractivity contribution in [3.05, 3.63) is 0 Å². The van der Waals surface area contributed by atoms with E-state index in [-0.39, 0.29) is 0 Å². The van der Waals surface area contributed by atoms with E-state index in [0.717, 1.165) is 58.3 Å². The van der Waals surface area contributed by atoms with Crippen LogP contribution in [0, 0.1) is 5.92 Å². The summed E-state index contributed by atoms with van der Waals surface area (Å²) in [5, 5.41) is 6.85. The Hall–Kier alpha value is -0.850. The Morgan fingerprint density at radius 3 is 2.92 bits per heavy atom. The van der Waals surface area contributed by atoms with Gasteiger partial charge in [-0.1, -0.05) is 6.42 Å². The summed E-state index contributed by atoms with van der Waals surface area (Å²) in [5.41, 5.74) is 0. The second kappa shape index (κ2) is 11.7. The Bertz CT molecular complexity index is 386. The molecule has 0 aliphatic carbocycles. The summed E-state index contributed by atoms with van der Waals surface area (Å²) in [7, 11) is 1.83. The topological polar surface area (TPSA) is 58.1 Å². The second-order valence-electron chi connectivity index (χ2n) is 7.47. The fourth-order valence-electron chi connectivity index (χ4n) is 3.70. The molecule has 0 aromatic rings. The lowest BCUT2D eigenvalue weighted by Gasteiger charge is -2.38. The monoisotopic (exact) mass is 354 g/mol. The van der Waals surface area contributed by atoms with E-state index in [2.05, 4.69) is 34.4 Å². The molecule has 6 heteroatoms. The molecule has 0 bridgehead atoms. The molecule has 0 spiro atoms. The van der Waals surface area contributed by atoms with Crippen LogP contribution in [-0.4, -0.2) is 76.1 Å². The van der Waals surface area contributed by atoms with E-state index >= 15 is 0 Å². The zero-order valence-corrected chi connectivity index (χ0v) is 16.4. The number of rotatable bonds is 9. The summed E-state index contributed by atoms with van der Waals surface area (Å²) >= 11 is 0. The van der Waals surface area contributed by atoms with Crippen LogP contribution in [-0.2, 0) is 9.47 Å². The van der Waals surface area contributed by atoms with Crippen LogP contribution in [0.4, 0.5) is 0 Å². The van der Waals surface area contributed by atoms with Gasteiger partial charge in [0.25, 0.3) is 0 Å². The van der Waals surface area contributed by atoms with Gasteiger partial charge in [-0.15, -0.1) is 0 Å². The Kier molecular flexibility index (Phi) is 9.58. The lowest BCUT2D eigenvalue weighted by atomic mass is 10.0. The standard InChI is InChI=1S/C19H38N4O2/c1-16-7-4-5-10-23(16)17(2)13-22-19(20-3)21-9-6-11-24-14-18-8-12-25-15-18/h16-18H,4-15H2,1-3H3,(H2,20,21,22). The van der Waals surface area contributed by atoms with Crippen molar-refractivity contribution in [1.82, 2.24) is 15.5 Å². The third-order valence-corrected chi connectivity index (χ3v) is 5.34. The number of piperidine rings is 1. The number of nitrogens with one attached hydrogen (secondary N) is 2. The van der Waals surface area contributed by atoms with Gasteiger partial charge in [0.2, 0.25) is 0 Å². The van der Waals surface area contributed by atoms with Crippen LogP contribution in [0.5, 0.6) is 0 Å². The minimum Gasteiger partial charge on any atom is -0.381 e. The SMILES string of the molecule is CN=C(NCCCOCC1CCOC1)NCC(C)N1CCCCC1C. The summed E-state index contributed by atoms with van der Waals surface area (Å²) in [5.74, 6) is 1.49. The summed E-state index contributed by atoms with van der Waals surface area (Å²) in [6, 6.07) is 1.23. The van der Waals surface area contributed by atoms with Crippen molar-refractivity contribution in [3.8, 4) is 0 Å². The Morgan fingerprint density at radius 2 is 2.20 bits per heavy atom. The molecule has 25 heavy (non-hydrogen) atoms. The Morgan fingerprint density at radius 1 is 1.32 bits per heavy atom. The molecule has 6 nitrogen and oxygen atoms in total. The Labute approximate surface area is 153 Å². The highest BCUT2D eigenvalue weighted by atomic mass is 16.5.